The van der Waals surface area contributed by atoms with Crippen LogP contribution in [0, 0.1) is 0 Å². The molecule has 0 aliphatic carbocycles. The Morgan fingerprint density at radius 3 is 2.70 bits per heavy atom. The van der Waals surface area contributed by atoms with Crippen molar-refractivity contribution >= 4 is 23.9 Å². The maximum absolute atomic E-state index is 13.1. The van der Waals surface area contributed by atoms with E-state index in [1.165, 1.54) is 6.92 Å². The van der Waals surface area contributed by atoms with Crippen LogP contribution in [0.15, 0.2) is 30.5 Å². The summed E-state index contributed by atoms with van der Waals surface area (Å²) in [7, 11) is 0. The lowest BCUT2D eigenvalue weighted by Crippen LogP contribution is -2.45. The fourth-order valence-corrected chi connectivity index (χ4v) is 4.11. The van der Waals surface area contributed by atoms with Gasteiger partial charge < -0.3 is 14.9 Å². The SMILES string of the molecule is CC(=O)N1C=Cc2ccccc2C1CC(=O)N1CCCCC1CCC(=O)O. The monoisotopic (exact) mass is 370 g/mol. The number of nitrogens with zero attached hydrogens (tertiary/aromatic N) is 2. The lowest BCUT2D eigenvalue weighted by molar-refractivity contribution is -0.141. The van der Waals surface area contributed by atoms with E-state index in [2.05, 4.69) is 0 Å². The van der Waals surface area contributed by atoms with Crippen LogP contribution in [0.1, 0.15) is 62.6 Å². The van der Waals surface area contributed by atoms with Crippen molar-refractivity contribution in [3.05, 3.63) is 41.6 Å². The van der Waals surface area contributed by atoms with E-state index in [1.54, 1.807) is 11.1 Å². The molecule has 2 aliphatic rings. The Morgan fingerprint density at radius 2 is 1.96 bits per heavy atom. The maximum Gasteiger partial charge on any atom is 0.303 e. The molecule has 1 N–H and O–H groups in total. The van der Waals surface area contributed by atoms with Gasteiger partial charge in [-0.2, -0.15) is 0 Å². The predicted octanol–water partition coefficient (Wildman–Crippen LogP) is 3.20. The number of carboxylic acids is 1. The zero-order valence-electron chi connectivity index (χ0n) is 15.6. The molecule has 2 amide bonds. The highest BCUT2D eigenvalue weighted by Gasteiger charge is 2.33. The molecule has 0 saturated carbocycles. The zero-order valence-corrected chi connectivity index (χ0v) is 15.6. The minimum atomic E-state index is -0.831. The molecule has 0 bridgehead atoms. The van der Waals surface area contributed by atoms with E-state index in [4.69, 9.17) is 5.11 Å². The molecule has 1 aromatic carbocycles. The Balaban J connectivity index is 1.78. The van der Waals surface area contributed by atoms with Gasteiger partial charge in [0, 0.05) is 32.1 Å². The van der Waals surface area contributed by atoms with Crippen molar-refractivity contribution in [3.63, 3.8) is 0 Å². The van der Waals surface area contributed by atoms with Crippen LogP contribution in [0.2, 0.25) is 0 Å². The number of piperidine rings is 1. The van der Waals surface area contributed by atoms with Crippen LogP contribution < -0.4 is 0 Å². The van der Waals surface area contributed by atoms with Crippen molar-refractivity contribution in [1.29, 1.82) is 0 Å². The number of carboxylic acid groups (broad SMARTS) is 1. The summed E-state index contributed by atoms with van der Waals surface area (Å²) in [5.41, 5.74) is 2.00. The second-order valence-electron chi connectivity index (χ2n) is 7.26. The minimum absolute atomic E-state index is 0.00792. The first-order valence-electron chi connectivity index (χ1n) is 9.54. The Bertz CT molecular complexity index is 758. The lowest BCUT2D eigenvalue weighted by atomic mass is 9.92. The molecule has 2 heterocycles. The molecule has 27 heavy (non-hydrogen) atoms. The van der Waals surface area contributed by atoms with Gasteiger partial charge in [0.15, 0.2) is 0 Å². The van der Waals surface area contributed by atoms with Gasteiger partial charge in [0.05, 0.1) is 12.5 Å². The summed E-state index contributed by atoms with van der Waals surface area (Å²) in [5.74, 6) is -0.937. The summed E-state index contributed by atoms with van der Waals surface area (Å²) in [5, 5.41) is 8.98. The number of hydrogen-bond donors (Lipinski definition) is 1. The predicted molar refractivity (Wildman–Crippen MR) is 102 cm³/mol. The smallest absolute Gasteiger partial charge is 0.303 e. The maximum atomic E-state index is 13.1. The zero-order chi connectivity index (χ0) is 19.4. The third-order valence-corrected chi connectivity index (χ3v) is 5.48. The Hall–Kier alpha value is -2.63. The fourth-order valence-electron chi connectivity index (χ4n) is 4.11. The Morgan fingerprint density at radius 1 is 1.19 bits per heavy atom. The number of rotatable bonds is 5. The molecule has 3 rings (SSSR count). The van der Waals surface area contributed by atoms with Crippen molar-refractivity contribution < 1.29 is 19.5 Å². The van der Waals surface area contributed by atoms with E-state index in [9.17, 15) is 14.4 Å². The lowest BCUT2D eigenvalue weighted by Gasteiger charge is -2.38. The number of fused-ring (bicyclic) bond motifs is 1. The van der Waals surface area contributed by atoms with E-state index < -0.39 is 5.97 Å². The molecule has 144 valence electrons. The third kappa shape index (κ3) is 4.38. The van der Waals surface area contributed by atoms with E-state index >= 15 is 0 Å². The molecular weight excluding hydrogens is 344 g/mol. The van der Waals surface area contributed by atoms with Crippen LogP contribution in [-0.2, 0) is 14.4 Å². The number of hydrogen-bond acceptors (Lipinski definition) is 3. The average Bonchev–Trinajstić information content (AvgIpc) is 2.66. The van der Waals surface area contributed by atoms with Crippen LogP contribution >= 0.6 is 0 Å². The number of aliphatic carboxylic acids is 1. The third-order valence-electron chi connectivity index (χ3n) is 5.48. The molecule has 6 nitrogen and oxygen atoms in total. The quantitative estimate of drug-likeness (QED) is 0.863. The Kier molecular flexibility index (Phi) is 5.94. The van der Waals surface area contributed by atoms with Gasteiger partial charge in [-0.05, 0) is 42.9 Å². The molecule has 2 aliphatic heterocycles. The van der Waals surface area contributed by atoms with Gasteiger partial charge in [0.1, 0.15) is 0 Å². The fraction of sp³-hybridized carbons (Fsp3) is 0.476. The average molecular weight is 370 g/mol. The second-order valence-corrected chi connectivity index (χ2v) is 7.26. The van der Waals surface area contributed by atoms with Gasteiger partial charge in [-0.15, -0.1) is 0 Å². The molecular formula is C21H26N2O4. The second kappa shape index (κ2) is 8.37. The van der Waals surface area contributed by atoms with E-state index in [1.807, 2.05) is 35.2 Å². The van der Waals surface area contributed by atoms with Crippen molar-refractivity contribution in [2.45, 2.75) is 57.5 Å². The summed E-state index contributed by atoms with van der Waals surface area (Å²) < 4.78 is 0. The molecule has 0 spiro atoms. The summed E-state index contributed by atoms with van der Waals surface area (Å²) in [4.78, 5) is 39.6. The van der Waals surface area contributed by atoms with Gasteiger partial charge in [-0.1, -0.05) is 24.3 Å². The normalized spacial score (nSPS) is 21.7. The standard InChI is InChI=1S/C21H26N2O4/c1-15(24)22-13-11-16-6-2-3-8-18(16)19(22)14-20(25)23-12-5-4-7-17(23)9-10-21(26)27/h2-3,6,8,11,13,17,19H,4-5,7,9-10,12,14H2,1H3,(H,26,27). The summed E-state index contributed by atoms with van der Waals surface area (Å²) in [6, 6.07) is 7.46. The molecule has 1 saturated heterocycles. The first-order chi connectivity index (χ1) is 13.0. The van der Waals surface area contributed by atoms with Crippen LogP contribution in [0.5, 0.6) is 0 Å². The van der Waals surface area contributed by atoms with Gasteiger partial charge in [-0.3, -0.25) is 14.4 Å². The number of amides is 2. The van der Waals surface area contributed by atoms with Crippen LogP contribution in [-0.4, -0.2) is 45.3 Å². The molecule has 0 aromatic heterocycles. The van der Waals surface area contributed by atoms with Gasteiger partial charge >= 0.3 is 5.97 Å². The first kappa shape index (κ1) is 19.1. The molecule has 1 fully saturated rings. The highest BCUT2D eigenvalue weighted by Crippen LogP contribution is 2.34. The van der Waals surface area contributed by atoms with Gasteiger partial charge in [0.2, 0.25) is 11.8 Å². The number of likely N-dealkylation sites (tertiary alicyclic amines) is 1. The van der Waals surface area contributed by atoms with Crippen LogP contribution in [0.4, 0.5) is 0 Å². The van der Waals surface area contributed by atoms with Gasteiger partial charge in [-0.25, -0.2) is 0 Å². The largest absolute Gasteiger partial charge is 0.481 e. The molecule has 1 aromatic rings. The van der Waals surface area contributed by atoms with Crippen LogP contribution in [0.25, 0.3) is 6.08 Å². The van der Waals surface area contributed by atoms with E-state index in [-0.39, 0.29) is 36.7 Å². The molecule has 6 heteroatoms. The van der Waals surface area contributed by atoms with Gasteiger partial charge in [0.25, 0.3) is 0 Å². The van der Waals surface area contributed by atoms with Crippen LogP contribution in [0.3, 0.4) is 0 Å². The summed E-state index contributed by atoms with van der Waals surface area (Å²) in [6.07, 6.45) is 7.22. The number of carbonyl (C=O) groups is 3. The van der Waals surface area contributed by atoms with Crippen molar-refractivity contribution in [2.75, 3.05) is 6.54 Å². The summed E-state index contributed by atoms with van der Waals surface area (Å²) in [6.45, 7) is 2.17. The van der Waals surface area contributed by atoms with Crippen molar-refractivity contribution in [1.82, 2.24) is 9.80 Å². The van der Waals surface area contributed by atoms with Crippen molar-refractivity contribution in [2.24, 2.45) is 0 Å². The minimum Gasteiger partial charge on any atom is -0.481 e. The van der Waals surface area contributed by atoms with E-state index in [0.717, 1.165) is 30.4 Å². The number of benzene rings is 1. The highest BCUT2D eigenvalue weighted by atomic mass is 16.4. The number of carbonyl (C=O) groups excluding carboxylic acids is 2. The molecule has 0 radical (unpaired) electrons. The highest BCUT2D eigenvalue weighted by molar-refractivity contribution is 5.82. The topological polar surface area (TPSA) is 77.9 Å². The van der Waals surface area contributed by atoms with E-state index in [0.29, 0.717) is 13.0 Å². The first-order valence-corrected chi connectivity index (χ1v) is 9.54. The Labute approximate surface area is 159 Å². The molecule has 2 unspecified atom stereocenters. The van der Waals surface area contributed by atoms with Crippen molar-refractivity contribution in [3.8, 4) is 0 Å². The summed E-state index contributed by atoms with van der Waals surface area (Å²) >= 11 is 0. The molecule has 2 atom stereocenters.